The van der Waals surface area contributed by atoms with Crippen molar-refractivity contribution >= 4 is 11.6 Å². The molecule has 1 heterocycles. The van der Waals surface area contributed by atoms with E-state index in [0.29, 0.717) is 6.54 Å². The normalized spacial score (nSPS) is 10.7. The van der Waals surface area contributed by atoms with Gasteiger partial charge in [0.05, 0.1) is 5.69 Å². The van der Waals surface area contributed by atoms with Gasteiger partial charge in [-0.3, -0.25) is 4.79 Å². The van der Waals surface area contributed by atoms with Crippen molar-refractivity contribution in [1.29, 1.82) is 0 Å². The van der Waals surface area contributed by atoms with Gasteiger partial charge in [-0.25, -0.2) is 0 Å². The Hall–Kier alpha value is -2.10. The fourth-order valence-corrected chi connectivity index (χ4v) is 2.45. The minimum absolute atomic E-state index is 0.00306. The summed E-state index contributed by atoms with van der Waals surface area (Å²) in [5.41, 5.74) is 5.32. The number of aryl methyl sites for hydroxylation is 4. The number of carbonyl (C=O) groups is 1. The van der Waals surface area contributed by atoms with Crippen LogP contribution in [0.25, 0.3) is 0 Å². The van der Waals surface area contributed by atoms with Crippen molar-refractivity contribution in [3.8, 4) is 0 Å². The van der Waals surface area contributed by atoms with Crippen molar-refractivity contribution in [2.75, 3.05) is 5.32 Å². The molecular formula is C16H22N3O+. The average molecular weight is 272 g/mol. The highest BCUT2D eigenvalue weighted by molar-refractivity contribution is 5.92. The van der Waals surface area contributed by atoms with Gasteiger partial charge in [-0.2, -0.15) is 0 Å². The van der Waals surface area contributed by atoms with Gasteiger partial charge >= 0.3 is 0 Å². The number of benzene rings is 1. The summed E-state index contributed by atoms with van der Waals surface area (Å²) in [7, 11) is 1.97. The van der Waals surface area contributed by atoms with Gasteiger partial charge < -0.3 is 5.32 Å². The molecule has 4 heteroatoms. The zero-order valence-corrected chi connectivity index (χ0v) is 12.8. The van der Waals surface area contributed by atoms with Gasteiger partial charge in [0.15, 0.2) is 13.6 Å². The number of nitrogens with zero attached hydrogens (tertiary/aromatic N) is 2. The molecule has 106 valence electrons. The van der Waals surface area contributed by atoms with Crippen molar-refractivity contribution in [1.82, 2.24) is 4.68 Å². The molecule has 0 aliphatic carbocycles. The predicted molar refractivity (Wildman–Crippen MR) is 79.6 cm³/mol. The van der Waals surface area contributed by atoms with Crippen molar-refractivity contribution in [2.45, 2.75) is 34.2 Å². The van der Waals surface area contributed by atoms with Crippen LogP contribution in [0.1, 0.15) is 22.5 Å². The van der Waals surface area contributed by atoms with Gasteiger partial charge in [-0.15, -0.1) is 9.36 Å². The van der Waals surface area contributed by atoms with Crippen LogP contribution < -0.4 is 10.00 Å². The molecule has 0 spiro atoms. The molecule has 0 aliphatic heterocycles. The van der Waals surface area contributed by atoms with Gasteiger partial charge in [0.25, 0.3) is 0 Å². The highest BCUT2D eigenvalue weighted by Gasteiger charge is 2.17. The minimum atomic E-state index is -0.00306. The maximum Gasteiger partial charge on any atom is 0.250 e. The van der Waals surface area contributed by atoms with E-state index in [0.717, 1.165) is 28.2 Å². The van der Waals surface area contributed by atoms with Crippen LogP contribution in [-0.4, -0.2) is 10.6 Å². The third kappa shape index (κ3) is 2.74. The van der Waals surface area contributed by atoms with Crippen LogP contribution in [0.3, 0.4) is 0 Å². The van der Waals surface area contributed by atoms with Gasteiger partial charge in [0.2, 0.25) is 11.6 Å². The second-order valence-corrected chi connectivity index (χ2v) is 5.32. The fourth-order valence-electron chi connectivity index (χ4n) is 2.45. The van der Waals surface area contributed by atoms with Gasteiger partial charge in [-0.1, -0.05) is 18.2 Å². The molecule has 0 saturated heterocycles. The lowest BCUT2D eigenvalue weighted by molar-refractivity contribution is -0.757. The van der Waals surface area contributed by atoms with Crippen LogP contribution in [0.5, 0.6) is 0 Å². The minimum Gasteiger partial charge on any atom is -0.324 e. The number of hydrogen-bond donors (Lipinski definition) is 1. The summed E-state index contributed by atoms with van der Waals surface area (Å²) in [6.07, 6.45) is 0. The summed E-state index contributed by atoms with van der Waals surface area (Å²) in [5.74, 6) is -0.00306. The molecule has 0 unspecified atom stereocenters. The Morgan fingerprint density at radius 3 is 2.30 bits per heavy atom. The molecule has 0 aliphatic rings. The number of hydrogen-bond acceptors (Lipinski definition) is 1. The molecule has 0 atom stereocenters. The molecule has 20 heavy (non-hydrogen) atoms. The zero-order chi connectivity index (χ0) is 14.9. The molecule has 4 nitrogen and oxygen atoms in total. The molecule has 1 aromatic carbocycles. The number of aromatic nitrogens is 2. The predicted octanol–water partition coefficient (Wildman–Crippen LogP) is 2.18. The first-order valence-electron chi connectivity index (χ1n) is 6.79. The molecule has 1 amide bonds. The molecular weight excluding hydrogens is 250 g/mol. The lowest BCUT2D eigenvalue weighted by Crippen LogP contribution is -2.43. The maximum atomic E-state index is 12.3. The summed E-state index contributed by atoms with van der Waals surface area (Å²) >= 11 is 0. The van der Waals surface area contributed by atoms with E-state index in [2.05, 4.69) is 11.4 Å². The smallest absolute Gasteiger partial charge is 0.250 e. The molecule has 1 N–H and O–H groups in total. The van der Waals surface area contributed by atoms with Crippen molar-refractivity contribution in [2.24, 2.45) is 7.05 Å². The highest BCUT2D eigenvalue weighted by atomic mass is 16.2. The number of anilines is 1. The number of rotatable bonds is 3. The van der Waals surface area contributed by atoms with Crippen LogP contribution in [0.4, 0.5) is 5.69 Å². The van der Waals surface area contributed by atoms with E-state index in [1.54, 1.807) is 0 Å². The van der Waals surface area contributed by atoms with E-state index in [-0.39, 0.29) is 5.91 Å². The lowest BCUT2D eigenvalue weighted by Gasteiger charge is -2.11. The first kappa shape index (κ1) is 14.3. The fraction of sp³-hybridized carbons (Fsp3) is 0.375. The van der Waals surface area contributed by atoms with E-state index < -0.39 is 0 Å². The topological polar surface area (TPSA) is 37.9 Å². The summed E-state index contributed by atoms with van der Waals surface area (Å²) in [4.78, 5) is 12.3. The van der Waals surface area contributed by atoms with E-state index in [1.807, 2.05) is 62.3 Å². The first-order chi connectivity index (χ1) is 9.40. The Bertz CT molecular complexity index is 636. The average Bonchev–Trinajstić information content (AvgIpc) is 2.61. The van der Waals surface area contributed by atoms with E-state index in [9.17, 15) is 4.79 Å². The number of amides is 1. The van der Waals surface area contributed by atoms with Crippen molar-refractivity contribution in [3.05, 3.63) is 46.8 Å². The molecule has 0 bridgehead atoms. The zero-order valence-electron chi connectivity index (χ0n) is 12.8. The Morgan fingerprint density at radius 2 is 1.80 bits per heavy atom. The summed E-state index contributed by atoms with van der Waals surface area (Å²) in [6.45, 7) is 8.39. The SMILES string of the molecule is Cc1cccc(C)c1NC(=O)Cn1c(C)cc(C)[n+]1C. The summed E-state index contributed by atoms with van der Waals surface area (Å²) in [6, 6.07) is 8.09. The molecule has 0 radical (unpaired) electrons. The Balaban J connectivity index is 2.18. The van der Waals surface area contributed by atoms with E-state index in [1.165, 1.54) is 0 Å². The summed E-state index contributed by atoms with van der Waals surface area (Å²) < 4.78 is 3.97. The van der Waals surface area contributed by atoms with Crippen LogP contribution in [0.2, 0.25) is 0 Å². The van der Waals surface area contributed by atoms with E-state index in [4.69, 9.17) is 0 Å². The van der Waals surface area contributed by atoms with Crippen LogP contribution in [0.15, 0.2) is 24.3 Å². The first-order valence-corrected chi connectivity index (χ1v) is 6.79. The lowest BCUT2D eigenvalue weighted by atomic mass is 10.1. The second-order valence-electron chi connectivity index (χ2n) is 5.32. The quantitative estimate of drug-likeness (QED) is 0.855. The Labute approximate surface area is 120 Å². The molecule has 2 aromatic rings. The van der Waals surface area contributed by atoms with Crippen LogP contribution >= 0.6 is 0 Å². The number of para-hydroxylation sites is 1. The summed E-state index contributed by atoms with van der Waals surface area (Å²) in [5, 5.41) is 3.02. The Morgan fingerprint density at radius 1 is 1.20 bits per heavy atom. The standard InChI is InChI=1S/C16H21N3O/c1-11-7-6-8-12(2)16(11)17-15(20)10-19-14(4)9-13(3)18(19)5/h6-9H,10H2,1-5H3/p+1. The highest BCUT2D eigenvalue weighted by Crippen LogP contribution is 2.19. The molecule has 2 rings (SSSR count). The third-order valence-electron chi connectivity index (χ3n) is 3.74. The van der Waals surface area contributed by atoms with E-state index >= 15 is 0 Å². The Kier molecular flexibility index (Phi) is 3.93. The molecule has 1 aromatic heterocycles. The monoisotopic (exact) mass is 272 g/mol. The van der Waals surface area contributed by atoms with Gasteiger partial charge in [0.1, 0.15) is 0 Å². The van der Waals surface area contributed by atoms with Gasteiger partial charge in [0, 0.05) is 18.7 Å². The van der Waals surface area contributed by atoms with Crippen molar-refractivity contribution in [3.63, 3.8) is 0 Å². The third-order valence-corrected chi connectivity index (χ3v) is 3.74. The van der Waals surface area contributed by atoms with Crippen molar-refractivity contribution < 1.29 is 9.48 Å². The molecule has 0 fully saturated rings. The van der Waals surface area contributed by atoms with Crippen LogP contribution in [-0.2, 0) is 18.4 Å². The largest absolute Gasteiger partial charge is 0.324 e. The van der Waals surface area contributed by atoms with Gasteiger partial charge in [-0.05, 0) is 31.9 Å². The maximum absolute atomic E-state index is 12.3. The number of carbonyl (C=O) groups excluding carboxylic acids is 1. The number of nitrogens with one attached hydrogen (secondary N) is 1. The molecule has 0 saturated carbocycles. The van der Waals surface area contributed by atoms with Crippen LogP contribution in [0, 0.1) is 27.7 Å². The second kappa shape index (κ2) is 5.49.